The van der Waals surface area contributed by atoms with Gasteiger partial charge in [0.2, 0.25) is 0 Å². The molecule has 1 saturated heterocycles. The molecule has 7 nitrogen and oxygen atoms in total. The van der Waals surface area contributed by atoms with Gasteiger partial charge in [0.1, 0.15) is 10.7 Å². The van der Waals surface area contributed by atoms with Gasteiger partial charge in [-0.1, -0.05) is 11.3 Å². The van der Waals surface area contributed by atoms with Crippen LogP contribution in [0, 0.1) is 0 Å². The molecule has 1 unspecified atom stereocenters. The number of aliphatic hydroxyl groups excluding tert-OH is 1. The van der Waals surface area contributed by atoms with E-state index in [1.807, 2.05) is 6.92 Å². The van der Waals surface area contributed by atoms with Crippen LogP contribution in [0.1, 0.15) is 29.4 Å². The molecule has 8 heteroatoms. The maximum absolute atomic E-state index is 12.2. The second-order valence-corrected chi connectivity index (χ2v) is 6.17. The van der Waals surface area contributed by atoms with Crippen LogP contribution >= 0.6 is 11.3 Å². The normalized spacial score (nSPS) is 16.8. The molecule has 0 aliphatic carbocycles. The number of aliphatic hydroxyl groups is 1. The molecule has 0 saturated carbocycles. The number of carbonyl (C=O) groups is 1. The molecule has 1 fully saturated rings. The summed E-state index contributed by atoms with van der Waals surface area (Å²) in [4.78, 5) is 19.2. The van der Waals surface area contributed by atoms with E-state index in [-0.39, 0.29) is 18.6 Å². The third kappa shape index (κ3) is 4.29. The zero-order valence-corrected chi connectivity index (χ0v) is 13.1. The van der Waals surface area contributed by atoms with Crippen molar-refractivity contribution in [1.82, 2.24) is 15.6 Å². The molecule has 5 N–H and O–H groups in total. The van der Waals surface area contributed by atoms with E-state index in [9.17, 15) is 4.79 Å². The molecule has 1 atom stereocenters. The highest BCUT2D eigenvalue weighted by Gasteiger charge is 2.21. The summed E-state index contributed by atoms with van der Waals surface area (Å²) in [6.45, 7) is 5.64. The smallest absolute Gasteiger partial charge is 0.265 e. The number of nitrogens with one attached hydrogen (secondary N) is 2. The third-order valence-electron chi connectivity index (χ3n) is 3.41. The van der Waals surface area contributed by atoms with E-state index in [0.29, 0.717) is 17.1 Å². The van der Waals surface area contributed by atoms with Crippen molar-refractivity contribution in [2.75, 3.05) is 43.4 Å². The number of aromatic nitrogens is 1. The highest BCUT2D eigenvalue weighted by molar-refractivity contribution is 7.18. The molecular formula is C13H23N5O2S. The molecule has 1 aromatic heterocycles. The molecule has 1 aliphatic heterocycles. The standard InChI is InChI=1S/C13H23N5O2S/c1-9(3-2-8-19)16-12(20)10-11(14)17-13(21-10)18-6-4-15-5-7-18/h9,15,19H,2-8,14H2,1H3,(H,16,20). The monoisotopic (exact) mass is 313 g/mol. The Morgan fingerprint density at radius 3 is 2.95 bits per heavy atom. The number of thiazole rings is 1. The van der Waals surface area contributed by atoms with Crippen LogP contribution in [0.25, 0.3) is 0 Å². The Hall–Kier alpha value is -1.38. The summed E-state index contributed by atoms with van der Waals surface area (Å²) in [7, 11) is 0. The Bertz CT molecular complexity index is 473. The van der Waals surface area contributed by atoms with Crippen molar-refractivity contribution in [2.24, 2.45) is 0 Å². The summed E-state index contributed by atoms with van der Waals surface area (Å²) >= 11 is 1.34. The molecule has 1 amide bonds. The maximum atomic E-state index is 12.2. The Labute approximate surface area is 128 Å². The Morgan fingerprint density at radius 1 is 1.57 bits per heavy atom. The Balaban J connectivity index is 1.99. The largest absolute Gasteiger partial charge is 0.396 e. The number of nitrogens with two attached hydrogens (primary N) is 1. The van der Waals surface area contributed by atoms with E-state index in [2.05, 4.69) is 20.5 Å². The molecule has 1 aromatic rings. The molecule has 0 aromatic carbocycles. The lowest BCUT2D eigenvalue weighted by Gasteiger charge is -2.26. The lowest BCUT2D eigenvalue weighted by molar-refractivity contribution is 0.0941. The van der Waals surface area contributed by atoms with Crippen LogP contribution in [0.15, 0.2) is 0 Å². The van der Waals surface area contributed by atoms with Gasteiger partial charge < -0.3 is 26.4 Å². The SMILES string of the molecule is CC(CCCO)NC(=O)c1sc(N2CCNCC2)nc1N. The van der Waals surface area contributed by atoms with Crippen molar-refractivity contribution >= 4 is 28.2 Å². The highest BCUT2D eigenvalue weighted by Crippen LogP contribution is 2.28. The number of nitrogens with zero attached hydrogens (tertiary/aromatic N) is 2. The van der Waals surface area contributed by atoms with Gasteiger partial charge in [-0.3, -0.25) is 4.79 Å². The summed E-state index contributed by atoms with van der Waals surface area (Å²) in [5.41, 5.74) is 5.88. The van der Waals surface area contributed by atoms with Gasteiger partial charge in [0, 0.05) is 38.8 Å². The zero-order chi connectivity index (χ0) is 15.2. The van der Waals surface area contributed by atoms with Gasteiger partial charge >= 0.3 is 0 Å². The zero-order valence-electron chi connectivity index (χ0n) is 12.3. The van der Waals surface area contributed by atoms with E-state index < -0.39 is 0 Å². The summed E-state index contributed by atoms with van der Waals surface area (Å²) in [6.07, 6.45) is 1.41. The summed E-state index contributed by atoms with van der Waals surface area (Å²) in [6, 6.07) is 0.00814. The van der Waals surface area contributed by atoms with Crippen LogP contribution in [0.3, 0.4) is 0 Å². The van der Waals surface area contributed by atoms with Crippen LogP contribution < -0.4 is 21.3 Å². The van der Waals surface area contributed by atoms with Crippen LogP contribution in [-0.4, -0.2) is 54.8 Å². The fraction of sp³-hybridized carbons (Fsp3) is 0.692. The van der Waals surface area contributed by atoms with Crippen LogP contribution in [0.4, 0.5) is 10.9 Å². The van der Waals surface area contributed by atoms with Crippen molar-refractivity contribution in [1.29, 1.82) is 0 Å². The first kappa shape index (κ1) is 16.0. The first-order valence-corrected chi connectivity index (χ1v) is 8.07. The summed E-state index contributed by atoms with van der Waals surface area (Å²) < 4.78 is 0. The summed E-state index contributed by atoms with van der Waals surface area (Å²) in [5, 5.41) is 15.8. The van der Waals surface area contributed by atoms with E-state index in [4.69, 9.17) is 10.8 Å². The molecule has 21 heavy (non-hydrogen) atoms. The molecule has 1 aliphatic rings. The molecule has 0 spiro atoms. The van der Waals surface area contributed by atoms with E-state index in [1.54, 1.807) is 0 Å². The van der Waals surface area contributed by atoms with Gasteiger partial charge in [-0.15, -0.1) is 0 Å². The van der Waals surface area contributed by atoms with Gasteiger partial charge in [-0.2, -0.15) is 0 Å². The number of hydrogen-bond acceptors (Lipinski definition) is 7. The second-order valence-electron chi connectivity index (χ2n) is 5.19. The van der Waals surface area contributed by atoms with Crippen LogP contribution in [-0.2, 0) is 0 Å². The fourth-order valence-electron chi connectivity index (χ4n) is 2.23. The fourth-order valence-corrected chi connectivity index (χ4v) is 3.17. The molecular weight excluding hydrogens is 290 g/mol. The minimum absolute atomic E-state index is 0.00814. The third-order valence-corrected chi connectivity index (χ3v) is 4.54. The highest BCUT2D eigenvalue weighted by atomic mass is 32.1. The maximum Gasteiger partial charge on any atom is 0.265 e. The Kier molecular flexibility index (Phi) is 5.77. The van der Waals surface area contributed by atoms with Crippen molar-refractivity contribution in [2.45, 2.75) is 25.8 Å². The van der Waals surface area contributed by atoms with Gasteiger partial charge in [0.25, 0.3) is 5.91 Å². The average Bonchev–Trinajstić information content (AvgIpc) is 2.88. The molecule has 2 heterocycles. The van der Waals surface area contributed by atoms with E-state index >= 15 is 0 Å². The van der Waals surface area contributed by atoms with Crippen molar-refractivity contribution in [3.8, 4) is 0 Å². The van der Waals surface area contributed by atoms with Gasteiger partial charge in [-0.25, -0.2) is 4.98 Å². The van der Waals surface area contributed by atoms with Crippen LogP contribution in [0.5, 0.6) is 0 Å². The number of piperazine rings is 1. The van der Waals surface area contributed by atoms with Gasteiger partial charge in [-0.05, 0) is 19.8 Å². The molecule has 0 bridgehead atoms. The first-order valence-electron chi connectivity index (χ1n) is 7.25. The number of rotatable bonds is 6. The quantitative estimate of drug-likeness (QED) is 0.591. The lowest BCUT2D eigenvalue weighted by Crippen LogP contribution is -2.43. The van der Waals surface area contributed by atoms with Crippen molar-refractivity contribution in [3.05, 3.63) is 4.88 Å². The minimum Gasteiger partial charge on any atom is -0.396 e. The number of amides is 1. The average molecular weight is 313 g/mol. The number of nitrogen functional groups attached to an aromatic ring is 1. The number of carbonyl (C=O) groups excluding carboxylic acids is 1. The van der Waals surface area contributed by atoms with Crippen molar-refractivity contribution in [3.63, 3.8) is 0 Å². The van der Waals surface area contributed by atoms with E-state index in [0.717, 1.165) is 37.7 Å². The van der Waals surface area contributed by atoms with Gasteiger partial charge in [0.15, 0.2) is 5.13 Å². The lowest BCUT2D eigenvalue weighted by atomic mass is 10.2. The topological polar surface area (TPSA) is 104 Å². The molecule has 118 valence electrons. The van der Waals surface area contributed by atoms with Crippen molar-refractivity contribution < 1.29 is 9.90 Å². The molecule has 2 rings (SSSR count). The first-order chi connectivity index (χ1) is 10.1. The number of anilines is 2. The minimum atomic E-state index is -0.183. The molecule has 0 radical (unpaired) electrons. The second kappa shape index (κ2) is 7.58. The predicted molar refractivity (Wildman–Crippen MR) is 84.9 cm³/mol. The van der Waals surface area contributed by atoms with Gasteiger partial charge in [0.05, 0.1) is 0 Å². The Morgan fingerprint density at radius 2 is 2.29 bits per heavy atom. The predicted octanol–water partition coefficient (Wildman–Crippen LogP) is 0.0257. The van der Waals surface area contributed by atoms with E-state index in [1.165, 1.54) is 11.3 Å². The number of hydrogen-bond donors (Lipinski definition) is 4. The van der Waals surface area contributed by atoms with Crippen LogP contribution in [0.2, 0.25) is 0 Å². The summed E-state index contributed by atoms with van der Waals surface area (Å²) in [5.74, 6) is 0.109.